The molecule has 0 fully saturated rings. The van der Waals surface area contributed by atoms with Gasteiger partial charge in [-0.1, -0.05) is 66.7 Å². The summed E-state index contributed by atoms with van der Waals surface area (Å²) in [6.45, 7) is 0. The van der Waals surface area contributed by atoms with Crippen LogP contribution >= 0.6 is 7.14 Å². The van der Waals surface area contributed by atoms with Gasteiger partial charge in [0.2, 0.25) is 0 Å². The molecule has 1 N–H and O–H groups in total. The predicted molar refractivity (Wildman–Crippen MR) is 93.8 cm³/mol. The van der Waals surface area contributed by atoms with Gasteiger partial charge in [-0.05, 0) is 12.1 Å². The van der Waals surface area contributed by atoms with E-state index in [2.05, 4.69) is 4.98 Å². The van der Waals surface area contributed by atoms with Gasteiger partial charge < -0.3 is 9.67 Å². The molecule has 0 saturated heterocycles. The van der Waals surface area contributed by atoms with Crippen LogP contribution in [0.2, 0.25) is 0 Å². The molecule has 0 aliphatic heterocycles. The highest BCUT2D eigenvalue weighted by Crippen LogP contribution is 2.46. The fourth-order valence-corrected chi connectivity index (χ4v) is 5.31. The van der Waals surface area contributed by atoms with Gasteiger partial charge in [-0.2, -0.15) is 0 Å². The fraction of sp³-hybridized carbons (Fsp3) is 0.105. The van der Waals surface area contributed by atoms with E-state index in [0.717, 1.165) is 10.6 Å². The molecule has 0 unspecified atom stereocenters. The Hall–Kier alpha value is -2.22. The van der Waals surface area contributed by atoms with Crippen molar-refractivity contribution >= 4 is 17.8 Å². The standard InChI is InChI=1S/C19H18NO2P/c21-19(18-13-7-8-14-20-18)15-23(22,16-9-3-1-4-10-16)17-11-5-2-6-12-17/h1-14,19,21H,15H2/t19-/m0/s1. The monoisotopic (exact) mass is 323 g/mol. The molecule has 0 radical (unpaired) electrons. The largest absolute Gasteiger partial charge is 0.386 e. The first-order valence-electron chi connectivity index (χ1n) is 7.49. The van der Waals surface area contributed by atoms with Gasteiger partial charge >= 0.3 is 0 Å². The lowest BCUT2D eigenvalue weighted by atomic mass is 10.2. The van der Waals surface area contributed by atoms with E-state index < -0.39 is 13.2 Å². The van der Waals surface area contributed by atoms with Crippen LogP contribution in [0.25, 0.3) is 0 Å². The average Bonchev–Trinajstić information content (AvgIpc) is 2.64. The fourth-order valence-electron chi connectivity index (χ4n) is 2.61. The number of hydrogen-bond donors (Lipinski definition) is 1. The summed E-state index contributed by atoms with van der Waals surface area (Å²) in [7, 11) is -2.94. The van der Waals surface area contributed by atoms with Gasteiger partial charge in [0.05, 0.1) is 5.69 Å². The van der Waals surface area contributed by atoms with E-state index in [1.165, 1.54) is 0 Å². The zero-order valence-electron chi connectivity index (χ0n) is 12.6. The number of nitrogens with zero attached hydrogens (tertiary/aromatic N) is 1. The van der Waals surface area contributed by atoms with Crippen LogP contribution < -0.4 is 10.6 Å². The molecule has 0 aliphatic rings. The molecule has 3 nitrogen and oxygen atoms in total. The summed E-state index contributed by atoms with van der Waals surface area (Å²) in [6.07, 6.45) is 0.898. The number of aliphatic hydroxyl groups excluding tert-OH is 1. The molecule has 1 aromatic heterocycles. The first kappa shape index (κ1) is 15.7. The molecule has 23 heavy (non-hydrogen) atoms. The second-order valence-electron chi connectivity index (χ2n) is 5.36. The van der Waals surface area contributed by atoms with Crippen molar-refractivity contribution in [3.63, 3.8) is 0 Å². The van der Waals surface area contributed by atoms with Crippen molar-refractivity contribution in [1.29, 1.82) is 0 Å². The summed E-state index contributed by atoms with van der Waals surface area (Å²) in [5.41, 5.74) is 0.541. The second kappa shape index (κ2) is 6.91. The Morgan fingerprint density at radius 2 is 1.35 bits per heavy atom. The van der Waals surface area contributed by atoms with Crippen molar-refractivity contribution in [2.45, 2.75) is 6.10 Å². The summed E-state index contributed by atoms with van der Waals surface area (Å²) >= 11 is 0. The summed E-state index contributed by atoms with van der Waals surface area (Å²) in [5, 5.41) is 12.0. The molecule has 0 bridgehead atoms. The van der Waals surface area contributed by atoms with E-state index in [-0.39, 0.29) is 6.16 Å². The molecule has 3 rings (SSSR count). The van der Waals surface area contributed by atoms with Gasteiger partial charge in [-0.15, -0.1) is 0 Å². The first-order chi connectivity index (χ1) is 11.2. The van der Waals surface area contributed by atoms with Crippen LogP contribution in [0.5, 0.6) is 0 Å². The van der Waals surface area contributed by atoms with Crippen LogP contribution in [0.4, 0.5) is 0 Å². The topological polar surface area (TPSA) is 50.2 Å². The van der Waals surface area contributed by atoms with Crippen LogP contribution in [-0.4, -0.2) is 16.3 Å². The lowest BCUT2D eigenvalue weighted by Gasteiger charge is -2.22. The molecular weight excluding hydrogens is 305 g/mol. The Bertz CT molecular complexity index is 748. The first-order valence-corrected chi connectivity index (χ1v) is 9.39. The highest BCUT2D eigenvalue weighted by atomic mass is 31.2. The molecule has 1 atom stereocenters. The number of aromatic nitrogens is 1. The molecule has 0 spiro atoms. The van der Waals surface area contributed by atoms with Crippen LogP contribution in [0.3, 0.4) is 0 Å². The predicted octanol–water partition coefficient (Wildman–Crippen LogP) is 3.13. The number of benzene rings is 2. The SMILES string of the molecule is O=P(C[C@H](O)c1ccccn1)(c1ccccc1)c1ccccc1. The van der Waals surface area contributed by atoms with Crippen molar-refractivity contribution in [2.24, 2.45) is 0 Å². The lowest BCUT2D eigenvalue weighted by molar-refractivity contribution is 0.197. The van der Waals surface area contributed by atoms with E-state index in [9.17, 15) is 9.67 Å². The maximum Gasteiger partial charge on any atom is 0.146 e. The van der Waals surface area contributed by atoms with Crippen molar-refractivity contribution in [3.8, 4) is 0 Å². The maximum atomic E-state index is 13.8. The third-order valence-electron chi connectivity index (χ3n) is 3.81. The van der Waals surface area contributed by atoms with Gasteiger partial charge in [0.1, 0.15) is 13.2 Å². The Balaban J connectivity index is 2.02. The van der Waals surface area contributed by atoms with Crippen LogP contribution in [0.1, 0.15) is 11.8 Å². The van der Waals surface area contributed by atoms with E-state index >= 15 is 0 Å². The molecule has 0 saturated carbocycles. The summed E-state index contributed by atoms with van der Waals surface area (Å²) in [4.78, 5) is 4.18. The zero-order valence-corrected chi connectivity index (χ0v) is 13.5. The zero-order chi connectivity index (χ0) is 16.1. The number of hydrogen-bond acceptors (Lipinski definition) is 3. The Labute approximate surface area is 136 Å². The molecule has 0 aliphatic carbocycles. The Morgan fingerprint density at radius 1 is 0.826 bits per heavy atom. The highest BCUT2D eigenvalue weighted by molar-refractivity contribution is 7.78. The minimum absolute atomic E-state index is 0.137. The van der Waals surface area contributed by atoms with Gasteiger partial charge in [0, 0.05) is 23.0 Å². The van der Waals surface area contributed by atoms with E-state index in [0.29, 0.717) is 5.69 Å². The quantitative estimate of drug-likeness (QED) is 0.734. The molecule has 1 heterocycles. The van der Waals surface area contributed by atoms with E-state index in [4.69, 9.17) is 0 Å². The molecule has 2 aromatic carbocycles. The van der Waals surface area contributed by atoms with Gasteiger partial charge in [-0.3, -0.25) is 4.98 Å². The molecular formula is C19H18NO2P. The summed E-state index contributed by atoms with van der Waals surface area (Å²) < 4.78 is 13.8. The number of aliphatic hydroxyl groups is 1. The van der Waals surface area contributed by atoms with Crippen LogP contribution in [-0.2, 0) is 4.57 Å². The van der Waals surface area contributed by atoms with Crippen LogP contribution in [0, 0.1) is 0 Å². The molecule has 0 amide bonds. The number of rotatable bonds is 5. The van der Waals surface area contributed by atoms with Crippen molar-refractivity contribution < 1.29 is 9.67 Å². The van der Waals surface area contributed by atoms with Crippen molar-refractivity contribution in [1.82, 2.24) is 4.98 Å². The molecule has 4 heteroatoms. The van der Waals surface area contributed by atoms with E-state index in [1.807, 2.05) is 66.7 Å². The normalized spacial score (nSPS) is 12.7. The second-order valence-corrected chi connectivity index (χ2v) is 8.24. The average molecular weight is 323 g/mol. The van der Waals surface area contributed by atoms with Gasteiger partial charge in [-0.25, -0.2) is 0 Å². The van der Waals surface area contributed by atoms with Crippen molar-refractivity contribution in [3.05, 3.63) is 90.8 Å². The minimum Gasteiger partial charge on any atom is -0.386 e. The van der Waals surface area contributed by atoms with Crippen molar-refractivity contribution in [2.75, 3.05) is 6.16 Å². The lowest BCUT2D eigenvalue weighted by Crippen LogP contribution is -2.22. The van der Waals surface area contributed by atoms with Gasteiger partial charge in [0.15, 0.2) is 0 Å². The minimum atomic E-state index is -2.94. The maximum absolute atomic E-state index is 13.8. The molecule has 116 valence electrons. The number of pyridine rings is 1. The summed E-state index contributed by atoms with van der Waals surface area (Å²) in [5.74, 6) is 0. The van der Waals surface area contributed by atoms with Crippen LogP contribution in [0.15, 0.2) is 85.1 Å². The Kier molecular flexibility index (Phi) is 4.71. The smallest absolute Gasteiger partial charge is 0.146 e. The third-order valence-corrected chi connectivity index (χ3v) is 6.93. The molecule has 3 aromatic rings. The van der Waals surface area contributed by atoms with Gasteiger partial charge in [0.25, 0.3) is 0 Å². The Morgan fingerprint density at radius 3 is 1.83 bits per heavy atom. The van der Waals surface area contributed by atoms with E-state index in [1.54, 1.807) is 18.3 Å². The summed E-state index contributed by atoms with van der Waals surface area (Å²) in [6, 6.07) is 24.1. The third kappa shape index (κ3) is 3.42. The highest BCUT2D eigenvalue weighted by Gasteiger charge is 2.30.